The largest absolute Gasteiger partial charge is 0.493 e. The molecule has 1 aliphatic heterocycles. The Hall–Kier alpha value is -1.55. The zero-order chi connectivity index (χ0) is 14.8. The van der Waals surface area contributed by atoms with Crippen molar-refractivity contribution in [3.05, 3.63) is 29.3 Å². The second-order valence-corrected chi connectivity index (χ2v) is 6.37. The number of carbonyl (C=O) groups is 1. The van der Waals surface area contributed by atoms with Crippen LogP contribution in [0.25, 0.3) is 0 Å². The maximum absolute atomic E-state index is 11.8. The predicted octanol–water partition coefficient (Wildman–Crippen LogP) is 2.19. The fraction of sp³-hybridized carbons (Fsp3) is 0.562. The number of nitrogens with one attached hydrogen (secondary N) is 2. The van der Waals surface area contributed by atoms with Crippen LogP contribution in [0.4, 0.5) is 0 Å². The molecular weight excluding hydrogens is 252 g/mol. The summed E-state index contributed by atoms with van der Waals surface area (Å²) in [5.41, 5.74) is 2.26. The number of hydrogen-bond acceptors (Lipinski definition) is 3. The molecule has 0 bridgehead atoms. The van der Waals surface area contributed by atoms with Crippen LogP contribution < -0.4 is 15.4 Å². The maximum atomic E-state index is 11.8. The van der Waals surface area contributed by atoms with Crippen LogP contribution in [-0.4, -0.2) is 24.6 Å². The summed E-state index contributed by atoms with van der Waals surface area (Å²) in [7, 11) is 0. The van der Waals surface area contributed by atoms with Crippen molar-refractivity contribution in [3.8, 4) is 5.75 Å². The molecule has 110 valence electrons. The Balaban J connectivity index is 1.89. The van der Waals surface area contributed by atoms with Crippen LogP contribution in [0.2, 0.25) is 0 Å². The molecule has 0 radical (unpaired) electrons. The van der Waals surface area contributed by atoms with E-state index in [0.717, 1.165) is 18.8 Å². The van der Waals surface area contributed by atoms with Crippen LogP contribution in [0.3, 0.4) is 0 Å². The molecule has 1 unspecified atom stereocenters. The van der Waals surface area contributed by atoms with Crippen molar-refractivity contribution in [2.45, 2.75) is 45.7 Å². The first-order valence-corrected chi connectivity index (χ1v) is 7.15. The fourth-order valence-corrected chi connectivity index (χ4v) is 2.30. The molecule has 1 atom stereocenters. The Morgan fingerprint density at radius 2 is 2.15 bits per heavy atom. The quantitative estimate of drug-likeness (QED) is 0.886. The minimum Gasteiger partial charge on any atom is -0.493 e. The summed E-state index contributed by atoms with van der Waals surface area (Å²) in [6.45, 7) is 9.11. The Labute approximate surface area is 120 Å². The van der Waals surface area contributed by atoms with E-state index in [9.17, 15) is 4.79 Å². The lowest BCUT2D eigenvalue weighted by atomic mass is 10.0. The first-order valence-electron chi connectivity index (χ1n) is 7.15. The van der Waals surface area contributed by atoms with Crippen molar-refractivity contribution in [2.75, 3.05) is 13.2 Å². The van der Waals surface area contributed by atoms with Gasteiger partial charge in [-0.15, -0.1) is 0 Å². The van der Waals surface area contributed by atoms with Gasteiger partial charge in [0.25, 0.3) is 0 Å². The lowest BCUT2D eigenvalue weighted by Gasteiger charge is -2.22. The Morgan fingerprint density at radius 1 is 1.40 bits per heavy atom. The average Bonchev–Trinajstić information content (AvgIpc) is 2.80. The third-order valence-electron chi connectivity index (χ3n) is 3.30. The second-order valence-electron chi connectivity index (χ2n) is 6.37. The van der Waals surface area contributed by atoms with E-state index in [2.05, 4.69) is 29.7 Å². The normalized spacial score (nSPS) is 15.4. The molecule has 1 aromatic carbocycles. The number of carbonyl (C=O) groups excluding carboxylic acids is 1. The van der Waals surface area contributed by atoms with Gasteiger partial charge in [0.1, 0.15) is 5.75 Å². The number of benzene rings is 1. The minimum atomic E-state index is -0.188. The zero-order valence-corrected chi connectivity index (χ0v) is 12.7. The average molecular weight is 276 g/mol. The molecule has 0 aliphatic carbocycles. The van der Waals surface area contributed by atoms with E-state index < -0.39 is 0 Å². The van der Waals surface area contributed by atoms with Gasteiger partial charge in [0, 0.05) is 18.0 Å². The molecule has 1 heterocycles. The Kier molecular flexibility index (Phi) is 4.33. The topological polar surface area (TPSA) is 50.4 Å². The molecule has 0 saturated carbocycles. The standard InChI is InChI=1S/C16H24N2O2/c1-11(17-10-15(19)18-16(2,3)4)12-5-6-14-13(9-12)7-8-20-14/h5-6,9,11,17H,7-8,10H2,1-4H3,(H,18,19). The van der Waals surface area contributed by atoms with Gasteiger partial charge < -0.3 is 15.4 Å². The monoisotopic (exact) mass is 276 g/mol. The molecular formula is C16H24N2O2. The summed E-state index contributed by atoms with van der Waals surface area (Å²) in [6.07, 6.45) is 0.973. The van der Waals surface area contributed by atoms with Gasteiger partial charge in [-0.05, 0) is 44.9 Å². The van der Waals surface area contributed by atoms with Gasteiger partial charge in [0.2, 0.25) is 5.91 Å². The smallest absolute Gasteiger partial charge is 0.234 e. The minimum absolute atomic E-state index is 0.0221. The maximum Gasteiger partial charge on any atom is 0.234 e. The molecule has 1 aliphatic rings. The van der Waals surface area contributed by atoms with Crippen LogP contribution in [0.15, 0.2) is 18.2 Å². The van der Waals surface area contributed by atoms with E-state index in [4.69, 9.17) is 4.74 Å². The highest BCUT2D eigenvalue weighted by atomic mass is 16.5. The van der Waals surface area contributed by atoms with Gasteiger partial charge in [0.05, 0.1) is 13.2 Å². The molecule has 1 amide bonds. The van der Waals surface area contributed by atoms with Crippen LogP contribution >= 0.6 is 0 Å². The summed E-state index contributed by atoms with van der Waals surface area (Å²) < 4.78 is 5.50. The summed E-state index contributed by atoms with van der Waals surface area (Å²) in [5.74, 6) is 1.01. The van der Waals surface area contributed by atoms with E-state index in [0.29, 0.717) is 6.54 Å². The number of rotatable bonds is 4. The molecule has 4 heteroatoms. The first-order chi connectivity index (χ1) is 9.35. The molecule has 4 nitrogen and oxygen atoms in total. The molecule has 0 fully saturated rings. The number of ether oxygens (including phenoxy) is 1. The van der Waals surface area contributed by atoms with Gasteiger partial charge in [-0.2, -0.15) is 0 Å². The Bertz CT molecular complexity index is 492. The number of fused-ring (bicyclic) bond motifs is 1. The zero-order valence-electron chi connectivity index (χ0n) is 12.7. The highest BCUT2D eigenvalue weighted by molar-refractivity contribution is 5.78. The third kappa shape index (κ3) is 3.97. The van der Waals surface area contributed by atoms with Crippen LogP contribution in [0, 0.1) is 0 Å². The van der Waals surface area contributed by atoms with Gasteiger partial charge in [-0.1, -0.05) is 12.1 Å². The van der Waals surface area contributed by atoms with E-state index in [-0.39, 0.29) is 17.5 Å². The lowest BCUT2D eigenvalue weighted by molar-refractivity contribution is -0.121. The molecule has 20 heavy (non-hydrogen) atoms. The van der Waals surface area contributed by atoms with Crippen LogP contribution in [0.1, 0.15) is 44.9 Å². The molecule has 0 saturated heterocycles. The van der Waals surface area contributed by atoms with Crippen molar-refractivity contribution < 1.29 is 9.53 Å². The van der Waals surface area contributed by atoms with Gasteiger partial charge in [-0.25, -0.2) is 0 Å². The summed E-state index contributed by atoms with van der Waals surface area (Å²) in [4.78, 5) is 11.8. The lowest BCUT2D eigenvalue weighted by Crippen LogP contribution is -2.45. The van der Waals surface area contributed by atoms with Crippen LogP contribution in [0.5, 0.6) is 5.75 Å². The van der Waals surface area contributed by atoms with Crippen molar-refractivity contribution in [3.63, 3.8) is 0 Å². The number of hydrogen-bond donors (Lipinski definition) is 2. The highest BCUT2D eigenvalue weighted by Crippen LogP contribution is 2.27. The molecule has 2 N–H and O–H groups in total. The SMILES string of the molecule is CC(NCC(=O)NC(C)(C)C)c1ccc2c(c1)CCO2. The van der Waals surface area contributed by atoms with E-state index in [1.54, 1.807) is 0 Å². The van der Waals surface area contributed by atoms with Gasteiger partial charge >= 0.3 is 0 Å². The first kappa shape index (κ1) is 14.9. The summed E-state index contributed by atoms with van der Waals surface area (Å²) in [6, 6.07) is 6.39. The molecule has 0 aromatic heterocycles. The number of amides is 1. The van der Waals surface area contributed by atoms with Crippen molar-refractivity contribution >= 4 is 5.91 Å². The fourth-order valence-electron chi connectivity index (χ4n) is 2.30. The molecule has 0 spiro atoms. The second kappa shape index (κ2) is 5.83. The van der Waals surface area contributed by atoms with Gasteiger partial charge in [-0.3, -0.25) is 4.79 Å². The van der Waals surface area contributed by atoms with Crippen molar-refractivity contribution in [1.29, 1.82) is 0 Å². The summed E-state index contributed by atoms with van der Waals surface area (Å²) in [5, 5.41) is 6.21. The van der Waals surface area contributed by atoms with Crippen molar-refractivity contribution in [1.82, 2.24) is 10.6 Å². The Morgan fingerprint density at radius 3 is 2.85 bits per heavy atom. The van der Waals surface area contributed by atoms with Crippen LogP contribution in [-0.2, 0) is 11.2 Å². The molecule has 1 aromatic rings. The third-order valence-corrected chi connectivity index (χ3v) is 3.30. The molecule has 2 rings (SSSR count). The highest BCUT2D eigenvalue weighted by Gasteiger charge is 2.16. The summed E-state index contributed by atoms with van der Waals surface area (Å²) >= 11 is 0. The van der Waals surface area contributed by atoms with Gasteiger partial charge in [0.15, 0.2) is 0 Å². The van der Waals surface area contributed by atoms with E-state index in [1.807, 2.05) is 26.8 Å². The predicted molar refractivity (Wildman–Crippen MR) is 80.0 cm³/mol. The van der Waals surface area contributed by atoms with E-state index >= 15 is 0 Å². The van der Waals surface area contributed by atoms with Crippen molar-refractivity contribution in [2.24, 2.45) is 0 Å². The van der Waals surface area contributed by atoms with E-state index in [1.165, 1.54) is 11.1 Å².